The van der Waals surface area contributed by atoms with Crippen LogP contribution in [0.2, 0.25) is 0 Å². The SMILES string of the molecule is CCC(=O)N[C@H](c1ccccc1)c1c(OC(=O)COc2ccccc2)ccc2ccccc12. The van der Waals surface area contributed by atoms with Gasteiger partial charge in [-0.05, 0) is 34.5 Å². The minimum Gasteiger partial charge on any atom is -0.482 e. The quantitative estimate of drug-likeness (QED) is 0.293. The highest BCUT2D eigenvalue weighted by Crippen LogP contribution is 2.36. The fourth-order valence-corrected chi connectivity index (χ4v) is 3.70. The van der Waals surface area contributed by atoms with Gasteiger partial charge in [-0.25, -0.2) is 4.79 Å². The van der Waals surface area contributed by atoms with Gasteiger partial charge in [0.15, 0.2) is 6.61 Å². The molecule has 166 valence electrons. The molecule has 1 atom stereocenters. The topological polar surface area (TPSA) is 64.6 Å². The van der Waals surface area contributed by atoms with Crippen LogP contribution >= 0.6 is 0 Å². The fraction of sp³-hybridized carbons (Fsp3) is 0.143. The summed E-state index contributed by atoms with van der Waals surface area (Å²) >= 11 is 0. The zero-order chi connectivity index (χ0) is 23.0. The number of hydrogen-bond donors (Lipinski definition) is 1. The molecule has 1 N–H and O–H groups in total. The van der Waals surface area contributed by atoms with E-state index < -0.39 is 12.0 Å². The van der Waals surface area contributed by atoms with Crippen molar-refractivity contribution in [3.8, 4) is 11.5 Å². The van der Waals surface area contributed by atoms with Crippen molar-refractivity contribution in [2.45, 2.75) is 19.4 Å². The highest BCUT2D eigenvalue weighted by molar-refractivity contribution is 5.90. The van der Waals surface area contributed by atoms with Gasteiger partial charge < -0.3 is 14.8 Å². The van der Waals surface area contributed by atoms with Crippen LogP contribution in [-0.4, -0.2) is 18.5 Å². The normalized spacial score (nSPS) is 11.5. The number of ether oxygens (including phenoxy) is 2. The molecule has 0 aliphatic heterocycles. The van der Waals surface area contributed by atoms with Crippen LogP contribution in [0.5, 0.6) is 11.5 Å². The van der Waals surface area contributed by atoms with Crippen molar-refractivity contribution < 1.29 is 19.1 Å². The number of rotatable bonds is 8. The number of amides is 1. The Hall–Kier alpha value is -4.12. The number of esters is 1. The molecular weight excluding hydrogens is 414 g/mol. The Balaban J connectivity index is 1.72. The molecule has 5 nitrogen and oxygen atoms in total. The Morgan fingerprint density at radius 3 is 2.21 bits per heavy atom. The highest BCUT2D eigenvalue weighted by atomic mass is 16.6. The van der Waals surface area contributed by atoms with Gasteiger partial charge in [0.2, 0.25) is 5.91 Å². The lowest BCUT2D eigenvalue weighted by Crippen LogP contribution is -2.29. The first-order valence-electron chi connectivity index (χ1n) is 10.9. The van der Waals surface area contributed by atoms with E-state index in [-0.39, 0.29) is 12.5 Å². The predicted octanol–water partition coefficient (Wildman–Crippen LogP) is 5.44. The molecule has 1 amide bonds. The van der Waals surface area contributed by atoms with E-state index in [1.165, 1.54) is 0 Å². The lowest BCUT2D eigenvalue weighted by atomic mass is 9.92. The predicted molar refractivity (Wildman–Crippen MR) is 128 cm³/mol. The average Bonchev–Trinajstić information content (AvgIpc) is 2.87. The van der Waals surface area contributed by atoms with Gasteiger partial charge in [0.1, 0.15) is 11.5 Å². The summed E-state index contributed by atoms with van der Waals surface area (Å²) in [6, 6.07) is 29.8. The molecule has 4 aromatic carbocycles. The minimum atomic E-state index is -0.524. The molecule has 0 fully saturated rings. The third-order valence-electron chi connectivity index (χ3n) is 5.30. The van der Waals surface area contributed by atoms with Crippen LogP contribution in [0.15, 0.2) is 97.1 Å². The summed E-state index contributed by atoms with van der Waals surface area (Å²) in [6.45, 7) is 1.58. The molecule has 4 aromatic rings. The summed E-state index contributed by atoms with van der Waals surface area (Å²) < 4.78 is 11.3. The van der Waals surface area contributed by atoms with E-state index in [4.69, 9.17) is 9.47 Å². The van der Waals surface area contributed by atoms with Gasteiger partial charge in [0.25, 0.3) is 0 Å². The molecule has 0 aromatic heterocycles. The summed E-state index contributed by atoms with van der Waals surface area (Å²) in [4.78, 5) is 25.1. The number of benzene rings is 4. The second-order valence-electron chi connectivity index (χ2n) is 7.54. The lowest BCUT2D eigenvalue weighted by Gasteiger charge is -2.24. The van der Waals surface area contributed by atoms with Crippen molar-refractivity contribution in [3.05, 3.63) is 108 Å². The molecule has 0 spiro atoms. The van der Waals surface area contributed by atoms with Crippen LogP contribution in [0.1, 0.15) is 30.5 Å². The van der Waals surface area contributed by atoms with Gasteiger partial charge in [-0.1, -0.05) is 85.8 Å². The van der Waals surface area contributed by atoms with E-state index in [0.29, 0.717) is 17.9 Å². The van der Waals surface area contributed by atoms with E-state index >= 15 is 0 Å². The van der Waals surface area contributed by atoms with Crippen molar-refractivity contribution in [1.82, 2.24) is 5.32 Å². The molecule has 0 heterocycles. The first-order chi connectivity index (χ1) is 16.2. The monoisotopic (exact) mass is 439 g/mol. The number of nitrogens with one attached hydrogen (secondary N) is 1. The van der Waals surface area contributed by atoms with Crippen molar-refractivity contribution in [2.75, 3.05) is 6.61 Å². The van der Waals surface area contributed by atoms with Crippen LogP contribution in [0.4, 0.5) is 0 Å². The van der Waals surface area contributed by atoms with Crippen LogP contribution < -0.4 is 14.8 Å². The summed E-state index contributed by atoms with van der Waals surface area (Å²) in [5.41, 5.74) is 1.63. The van der Waals surface area contributed by atoms with Crippen LogP contribution in [0.3, 0.4) is 0 Å². The first kappa shape index (κ1) is 22.1. The molecule has 5 heteroatoms. The summed E-state index contributed by atoms with van der Waals surface area (Å²) in [6.07, 6.45) is 0.341. The molecule has 0 aliphatic carbocycles. The summed E-state index contributed by atoms with van der Waals surface area (Å²) in [5.74, 6) is 0.358. The number of hydrogen-bond acceptors (Lipinski definition) is 4. The fourth-order valence-electron chi connectivity index (χ4n) is 3.70. The molecule has 0 bridgehead atoms. The van der Waals surface area contributed by atoms with E-state index in [9.17, 15) is 9.59 Å². The molecule has 0 unspecified atom stereocenters. The molecule has 0 saturated carbocycles. The molecule has 0 radical (unpaired) electrons. The van der Waals surface area contributed by atoms with Crippen LogP contribution in [0, 0.1) is 0 Å². The Morgan fingerprint density at radius 2 is 1.48 bits per heavy atom. The molecule has 0 aliphatic rings. The first-order valence-corrected chi connectivity index (χ1v) is 10.9. The van der Waals surface area contributed by atoms with E-state index in [1.54, 1.807) is 18.2 Å². The Kier molecular flexibility index (Phi) is 7.00. The van der Waals surface area contributed by atoms with Crippen molar-refractivity contribution in [1.29, 1.82) is 0 Å². The smallest absolute Gasteiger partial charge is 0.349 e. The second-order valence-corrected chi connectivity index (χ2v) is 7.54. The minimum absolute atomic E-state index is 0.0959. The lowest BCUT2D eigenvalue weighted by molar-refractivity contribution is -0.136. The maximum absolute atomic E-state index is 12.7. The summed E-state index contributed by atoms with van der Waals surface area (Å²) in [7, 11) is 0. The highest BCUT2D eigenvalue weighted by Gasteiger charge is 2.24. The summed E-state index contributed by atoms with van der Waals surface area (Å²) in [5, 5.41) is 4.99. The third-order valence-corrected chi connectivity index (χ3v) is 5.30. The van der Waals surface area contributed by atoms with Crippen molar-refractivity contribution >= 4 is 22.6 Å². The number of para-hydroxylation sites is 1. The van der Waals surface area contributed by atoms with Gasteiger partial charge >= 0.3 is 5.97 Å². The zero-order valence-corrected chi connectivity index (χ0v) is 18.4. The van der Waals surface area contributed by atoms with Gasteiger partial charge in [-0.15, -0.1) is 0 Å². The number of carbonyl (C=O) groups excluding carboxylic acids is 2. The van der Waals surface area contributed by atoms with Crippen molar-refractivity contribution in [3.63, 3.8) is 0 Å². The van der Waals surface area contributed by atoms with Gasteiger partial charge in [0, 0.05) is 12.0 Å². The largest absolute Gasteiger partial charge is 0.482 e. The van der Waals surface area contributed by atoms with E-state index in [2.05, 4.69) is 5.32 Å². The van der Waals surface area contributed by atoms with E-state index in [0.717, 1.165) is 21.9 Å². The third kappa shape index (κ3) is 5.39. The van der Waals surface area contributed by atoms with Gasteiger partial charge in [-0.2, -0.15) is 0 Å². The maximum Gasteiger partial charge on any atom is 0.349 e. The number of fused-ring (bicyclic) bond motifs is 1. The Labute approximate surface area is 193 Å². The molecular formula is C28H25NO4. The van der Waals surface area contributed by atoms with Gasteiger partial charge in [-0.3, -0.25) is 4.79 Å². The number of carbonyl (C=O) groups is 2. The zero-order valence-electron chi connectivity index (χ0n) is 18.4. The standard InChI is InChI=1S/C28H25NO4/c1-2-25(30)29-28(21-12-5-3-6-13-21)27-23-16-10-9-11-20(23)17-18-24(27)33-26(31)19-32-22-14-7-4-8-15-22/h3-18,28H,2,19H2,1H3,(H,29,30)/t28-/m1/s1. The van der Waals surface area contributed by atoms with Gasteiger partial charge in [0.05, 0.1) is 6.04 Å². The maximum atomic E-state index is 12.7. The molecule has 0 saturated heterocycles. The molecule has 4 rings (SSSR count). The van der Waals surface area contributed by atoms with Crippen LogP contribution in [-0.2, 0) is 9.59 Å². The van der Waals surface area contributed by atoms with Crippen molar-refractivity contribution in [2.24, 2.45) is 0 Å². The second kappa shape index (κ2) is 10.5. The molecule has 33 heavy (non-hydrogen) atoms. The Bertz CT molecular complexity index is 1240. The van der Waals surface area contributed by atoms with Crippen LogP contribution in [0.25, 0.3) is 10.8 Å². The Morgan fingerprint density at radius 1 is 0.818 bits per heavy atom. The van der Waals surface area contributed by atoms with E-state index in [1.807, 2.05) is 85.8 Å². The average molecular weight is 440 g/mol.